The van der Waals surface area contributed by atoms with Crippen LogP contribution in [0.25, 0.3) is 0 Å². The van der Waals surface area contributed by atoms with Gasteiger partial charge in [0.15, 0.2) is 0 Å². The summed E-state index contributed by atoms with van der Waals surface area (Å²) in [5.41, 5.74) is 7.85. The molecule has 0 fully saturated rings. The van der Waals surface area contributed by atoms with Crippen molar-refractivity contribution < 1.29 is 23.9 Å². The fraction of sp³-hybridized carbons (Fsp3) is 0.438. The molecule has 0 aromatic heterocycles. The van der Waals surface area contributed by atoms with Crippen LogP contribution < -0.4 is 16.4 Å². The Kier molecular flexibility index (Phi) is 11.9. The predicted octanol–water partition coefficient (Wildman–Crippen LogP) is 4.75. The van der Waals surface area contributed by atoms with E-state index in [1.807, 2.05) is 39.0 Å². The summed E-state index contributed by atoms with van der Waals surface area (Å²) in [4.78, 5) is 54.4. The molecule has 0 saturated carbocycles. The van der Waals surface area contributed by atoms with Gasteiger partial charge < -0.3 is 26.0 Å². The van der Waals surface area contributed by atoms with Crippen molar-refractivity contribution in [3.8, 4) is 12.3 Å². The lowest BCUT2D eigenvalue weighted by Gasteiger charge is -2.35. The van der Waals surface area contributed by atoms with Gasteiger partial charge in [-0.2, -0.15) is 0 Å². The number of amides is 4. The average molecular weight is 563 g/mol. The Bertz CT molecular complexity index is 1270. The summed E-state index contributed by atoms with van der Waals surface area (Å²) in [7, 11) is 0. The molecule has 0 heterocycles. The third-order valence-corrected chi connectivity index (χ3v) is 6.38. The molecule has 2 aromatic carbocycles. The lowest BCUT2D eigenvalue weighted by Crippen LogP contribution is -2.53. The van der Waals surface area contributed by atoms with Crippen molar-refractivity contribution in [2.45, 2.75) is 84.9 Å². The number of carbonyl (C=O) groups is 4. The lowest BCUT2D eigenvalue weighted by molar-refractivity contribution is -0.142. The monoisotopic (exact) mass is 562 g/mol. The molecule has 0 spiro atoms. The Balaban J connectivity index is 2.65. The number of nitrogens with one attached hydrogen (secondary N) is 2. The van der Waals surface area contributed by atoms with Gasteiger partial charge in [-0.15, -0.1) is 6.42 Å². The third kappa shape index (κ3) is 9.67. The number of para-hydroxylation sites is 1. The van der Waals surface area contributed by atoms with E-state index >= 15 is 0 Å². The molecule has 4 N–H and O–H groups in total. The Labute approximate surface area is 243 Å². The quantitative estimate of drug-likeness (QED) is 0.254. The highest BCUT2D eigenvalue weighted by molar-refractivity contribution is 6.00. The fourth-order valence-corrected chi connectivity index (χ4v) is 4.47. The smallest absolute Gasteiger partial charge is 0.408 e. The van der Waals surface area contributed by atoms with Gasteiger partial charge in [-0.1, -0.05) is 62.1 Å². The van der Waals surface area contributed by atoms with Gasteiger partial charge in [0.05, 0.1) is 6.42 Å². The van der Waals surface area contributed by atoms with Crippen LogP contribution in [-0.4, -0.2) is 46.9 Å². The van der Waals surface area contributed by atoms with Gasteiger partial charge in [0.2, 0.25) is 11.8 Å². The van der Waals surface area contributed by atoms with E-state index in [4.69, 9.17) is 16.9 Å². The molecule has 2 atom stereocenters. The van der Waals surface area contributed by atoms with Crippen LogP contribution in [0.5, 0.6) is 0 Å². The maximum Gasteiger partial charge on any atom is 0.408 e. The molecule has 0 saturated heterocycles. The van der Waals surface area contributed by atoms with Gasteiger partial charge in [-0.3, -0.25) is 14.4 Å². The van der Waals surface area contributed by atoms with Crippen molar-refractivity contribution in [2.75, 3.05) is 11.9 Å². The van der Waals surface area contributed by atoms with Crippen LogP contribution in [0.15, 0.2) is 42.5 Å². The summed E-state index contributed by atoms with van der Waals surface area (Å²) in [6.07, 6.45) is 6.67. The van der Waals surface area contributed by atoms with Crippen molar-refractivity contribution in [1.82, 2.24) is 10.2 Å². The number of hydrogen-bond donors (Lipinski definition) is 3. The van der Waals surface area contributed by atoms with E-state index in [0.29, 0.717) is 23.2 Å². The number of nitrogens with two attached hydrogens (primary N) is 1. The van der Waals surface area contributed by atoms with Gasteiger partial charge in [0, 0.05) is 17.8 Å². The molecule has 41 heavy (non-hydrogen) atoms. The number of benzene rings is 2. The van der Waals surface area contributed by atoms with Crippen LogP contribution in [-0.2, 0) is 19.1 Å². The van der Waals surface area contributed by atoms with Crippen molar-refractivity contribution in [1.29, 1.82) is 0 Å². The van der Waals surface area contributed by atoms with Gasteiger partial charge in [-0.05, 0) is 63.8 Å². The second-order valence-electron chi connectivity index (χ2n) is 11.0. The van der Waals surface area contributed by atoms with E-state index in [1.165, 1.54) is 4.90 Å². The molecule has 0 aliphatic heterocycles. The van der Waals surface area contributed by atoms with Crippen LogP contribution in [0.1, 0.15) is 81.7 Å². The van der Waals surface area contributed by atoms with E-state index in [9.17, 15) is 19.2 Å². The number of anilines is 1. The van der Waals surface area contributed by atoms with E-state index < -0.39 is 47.9 Å². The number of ether oxygens (including phenoxy) is 1. The summed E-state index contributed by atoms with van der Waals surface area (Å²) in [6.45, 7) is 11.0. The van der Waals surface area contributed by atoms with E-state index in [1.54, 1.807) is 45.0 Å². The zero-order valence-electron chi connectivity index (χ0n) is 24.9. The van der Waals surface area contributed by atoms with Crippen LogP contribution >= 0.6 is 0 Å². The van der Waals surface area contributed by atoms with Crippen molar-refractivity contribution >= 4 is 29.5 Å². The summed E-state index contributed by atoms with van der Waals surface area (Å²) in [5.74, 6) is 0.684. The summed E-state index contributed by atoms with van der Waals surface area (Å²) >= 11 is 0. The van der Waals surface area contributed by atoms with E-state index in [0.717, 1.165) is 24.0 Å². The molecule has 0 radical (unpaired) electrons. The Morgan fingerprint density at radius 1 is 1.02 bits per heavy atom. The van der Waals surface area contributed by atoms with E-state index in [2.05, 4.69) is 16.6 Å². The summed E-state index contributed by atoms with van der Waals surface area (Å²) < 4.78 is 5.33. The number of alkyl carbamates (subject to hydrolysis) is 1. The highest BCUT2D eigenvalue weighted by Gasteiger charge is 2.37. The van der Waals surface area contributed by atoms with Crippen LogP contribution in [0.3, 0.4) is 0 Å². The zero-order valence-corrected chi connectivity index (χ0v) is 24.9. The van der Waals surface area contributed by atoms with Crippen LogP contribution in [0, 0.1) is 26.2 Å². The number of unbranched alkanes of at least 4 members (excludes halogenated alkanes) is 2. The minimum atomic E-state index is -1.36. The highest BCUT2D eigenvalue weighted by atomic mass is 16.6. The SMILES string of the molecule is C#Cc1ccccc1C(C(=O)Nc1c(C)cccc1C)N(CCCCC)C(=O)C(CC(N)=O)NC(=O)OC(C)(C)C. The number of primary amides is 1. The Morgan fingerprint density at radius 2 is 1.66 bits per heavy atom. The first kappa shape index (κ1) is 32.9. The van der Waals surface area contributed by atoms with Gasteiger partial charge in [0.25, 0.3) is 5.91 Å². The zero-order chi connectivity index (χ0) is 30.7. The maximum absolute atomic E-state index is 14.2. The molecule has 4 amide bonds. The first-order valence-corrected chi connectivity index (χ1v) is 13.8. The molecule has 2 aromatic rings. The number of aryl methyl sites for hydroxylation is 2. The standard InChI is InChI=1S/C32H42N4O5/c1-8-10-13-19-36(30(39)25(20-26(33)37)34-31(40)41-32(5,6)7)28(24-18-12-11-17-23(24)9-2)29(38)35-27-21(3)15-14-16-22(27)4/h2,11-12,14-18,25,28H,8,10,13,19-20H2,1,3-7H3,(H2,33,37)(H,34,40)(H,35,38). The number of nitrogens with zero attached hydrogens (tertiary/aromatic N) is 1. The molecule has 2 rings (SSSR count). The molecule has 220 valence electrons. The van der Waals surface area contributed by atoms with Crippen LogP contribution in [0.4, 0.5) is 10.5 Å². The second-order valence-corrected chi connectivity index (χ2v) is 11.0. The number of rotatable bonds is 12. The first-order valence-electron chi connectivity index (χ1n) is 13.8. The Hall–Kier alpha value is -4.32. The molecule has 2 unspecified atom stereocenters. The normalized spacial score (nSPS) is 12.4. The van der Waals surface area contributed by atoms with Gasteiger partial charge >= 0.3 is 6.09 Å². The summed E-state index contributed by atoms with van der Waals surface area (Å²) in [6, 6.07) is 10.0. The molecule has 0 aliphatic rings. The van der Waals surface area contributed by atoms with Crippen molar-refractivity contribution in [3.05, 3.63) is 64.7 Å². The molecule has 9 nitrogen and oxygen atoms in total. The first-order chi connectivity index (χ1) is 19.3. The molecular formula is C32H42N4O5. The number of terminal acetylenes is 1. The maximum atomic E-state index is 14.2. The fourth-order valence-electron chi connectivity index (χ4n) is 4.47. The summed E-state index contributed by atoms with van der Waals surface area (Å²) in [5, 5.41) is 5.49. The Morgan fingerprint density at radius 3 is 2.22 bits per heavy atom. The van der Waals surface area contributed by atoms with Crippen LogP contribution in [0.2, 0.25) is 0 Å². The number of hydrogen-bond acceptors (Lipinski definition) is 5. The minimum Gasteiger partial charge on any atom is -0.444 e. The highest BCUT2D eigenvalue weighted by Crippen LogP contribution is 2.29. The largest absolute Gasteiger partial charge is 0.444 e. The van der Waals surface area contributed by atoms with Crippen molar-refractivity contribution in [3.63, 3.8) is 0 Å². The molecule has 0 aliphatic carbocycles. The molecular weight excluding hydrogens is 520 g/mol. The lowest BCUT2D eigenvalue weighted by atomic mass is 9.96. The van der Waals surface area contributed by atoms with Crippen molar-refractivity contribution in [2.24, 2.45) is 5.73 Å². The van der Waals surface area contributed by atoms with Gasteiger partial charge in [0.1, 0.15) is 17.7 Å². The second kappa shape index (κ2) is 14.9. The number of carbonyl (C=O) groups excluding carboxylic acids is 4. The minimum absolute atomic E-state index is 0.168. The third-order valence-electron chi connectivity index (χ3n) is 6.38. The van der Waals surface area contributed by atoms with E-state index in [-0.39, 0.29) is 6.54 Å². The predicted molar refractivity (Wildman–Crippen MR) is 160 cm³/mol. The molecule has 9 heteroatoms. The molecule has 0 bridgehead atoms. The topological polar surface area (TPSA) is 131 Å². The average Bonchev–Trinajstić information content (AvgIpc) is 2.88. The van der Waals surface area contributed by atoms with Gasteiger partial charge in [-0.25, -0.2) is 4.79 Å².